The van der Waals surface area contributed by atoms with Crippen LogP contribution < -0.4 is 0 Å². The van der Waals surface area contributed by atoms with Gasteiger partial charge >= 0.3 is 5.97 Å². The molecule has 0 N–H and O–H groups in total. The summed E-state index contributed by atoms with van der Waals surface area (Å²) in [6, 6.07) is 0. The number of esters is 1. The molecule has 0 atom stereocenters. The molecule has 4 heteroatoms. The van der Waals surface area contributed by atoms with Crippen molar-refractivity contribution in [1.82, 2.24) is 4.90 Å². The fourth-order valence-electron chi connectivity index (χ4n) is 1.60. The lowest BCUT2D eigenvalue weighted by Crippen LogP contribution is -2.29. The van der Waals surface area contributed by atoms with Gasteiger partial charge in [-0.3, -0.25) is 9.59 Å². The summed E-state index contributed by atoms with van der Waals surface area (Å²) in [6.07, 6.45) is 2.02. The molecule has 0 bridgehead atoms. The number of ether oxygens (including phenoxy) is 1. The highest BCUT2D eigenvalue weighted by Crippen LogP contribution is 2.08. The van der Waals surface area contributed by atoms with Crippen LogP contribution in [0.3, 0.4) is 0 Å². The van der Waals surface area contributed by atoms with Gasteiger partial charge in [0.25, 0.3) is 0 Å². The maximum atomic E-state index is 11.2. The Balaban J connectivity index is 2.10. The number of amides is 1. The van der Waals surface area contributed by atoms with Crippen molar-refractivity contribution in [2.45, 2.75) is 33.1 Å². The van der Waals surface area contributed by atoms with Crippen LogP contribution in [0.25, 0.3) is 0 Å². The molecule has 0 spiro atoms. The van der Waals surface area contributed by atoms with E-state index in [4.69, 9.17) is 4.74 Å². The first kappa shape index (κ1) is 12.0. The van der Waals surface area contributed by atoms with Gasteiger partial charge in [-0.05, 0) is 12.3 Å². The third-order valence-electron chi connectivity index (χ3n) is 2.37. The molecular formula is C11H19NO3. The van der Waals surface area contributed by atoms with E-state index in [9.17, 15) is 9.59 Å². The van der Waals surface area contributed by atoms with Crippen molar-refractivity contribution >= 4 is 11.9 Å². The van der Waals surface area contributed by atoms with E-state index in [-0.39, 0.29) is 11.9 Å². The van der Waals surface area contributed by atoms with Crippen molar-refractivity contribution in [1.29, 1.82) is 0 Å². The average Bonchev–Trinajstić information content (AvgIpc) is 2.50. The molecule has 0 aromatic carbocycles. The Morgan fingerprint density at radius 1 is 1.53 bits per heavy atom. The minimum absolute atomic E-state index is 0.170. The van der Waals surface area contributed by atoms with E-state index in [2.05, 4.69) is 0 Å². The van der Waals surface area contributed by atoms with Gasteiger partial charge in [0.15, 0.2) is 0 Å². The van der Waals surface area contributed by atoms with Crippen LogP contribution in [0.5, 0.6) is 0 Å². The van der Waals surface area contributed by atoms with Gasteiger partial charge in [-0.1, -0.05) is 13.8 Å². The summed E-state index contributed by atoms with van der Waals surface area (Å²) >= 11 is 0. The first-order valence-electron chi connectivity index (χ1n) is 5.53. The summed E-state index contributed by atoms with van der Waals surface area (Å²) in [4.78, 5) is 24.1. The quantitative estimate of drug-likeness (QED) is 0.645. The molecule has 0 radical (unpaired) electrons. The lowest BCUT2D eigenvalue weighted by molar-refractivity contribution is -0.146. The van der Waals surface area contributed by atoms with Crippen LogP contribution in [-0.2, 0) is 14.3 Å². The molecule has 1 amide bonds. The first-order valence-corrected chi connectivity index (χ1v) is 5.53. The predicted molar refractivity (Wildman–Crippen MR) is 56.2 cm³/mol. The van der Waals surface area contributed by atoms with Crippen LogP contribution in [0.15, 0.2) is 0 Å². The van der Waals surface area contributed by atoms with Gasteiger partial charge in [-0.15, -0.1) is 0 Å². The number of likely N-dealkylation sites (tertiary alicyclic amines) is 1. The van der Waals surface area contributed by atoms with E-state index in [1.165, 1.54) is 0 Å². The minimum Gasteiger partial charge on any atom is -0.464 e. The van der Waals surface area contributed by atoms with Crippen molar-refractivity contribution in [3.05, 3.63) is 0 Å². The van der Waals surface area contributed by atoms with Crippen LogP contribution in [0.4, 0.5) is 0 Å². The van der Waals surface area contributed by atoms with E-state index < -0.39 is 0 Å². The molecule has 0 unspecified atom stereocenters. The summed E-state index contributed by atoms with van der Waals surface area (Å²) < 4.78 is 5.03. The fourth-order valence-corrected chi connectivity index (χ4v) is 1.60. The van der Waals surface area contributed by atoms with Gasteiger partial charge < -0.3 is 9.64 Å². The molecule has 1 rings (SSSR count). The predicted octanol–water partition coefficient (Wildman–Crippen LogP) is 1.20. The van der Waals surface area contributed by atoms with Crippen LogP contribution >= 0.6 is 0 Å². The van der Waals surface area contributed by atoms with Crippen LogP contribution in [-0.4, -0.2) is 36.5 Å². The van der Waals surface area contributed by atoms with Gasteiger partial charge in [0.05, 0.1) is 6.54 Å². The summed E-state index contributed by atoms with van der Waals surface area (Å²) in [7, 11) is 0. The smallest absolute Gasteiger partial charge is 0.306 e. The van der Waals surface area contributed by atoms with Crippen LogP contribution in [0, 0.1) is 5.92 Å². The second-order valence-electron chi connectivity index (χ2n) is 4.30. The summed E-state index contributed by atoms with van der Waals surface area (Å²) in [5, 5.41) is 0. The number of carbonyl (C=O) groups excluding carboxylic acids is 2. The average molecular weight is 213 g/mol. The van der Waals surface area contributed by atoms with Gasteiger partial charge in [0.2, 0.25) is 5.91 Å². The maximum absolute atomic E-state index is 11.2. The first-order chi connectivity index (χ1) is 7.09. The standard InChI is InChI=1S/C11H19NO3/c1-9(2)8-11(14)15-7-6-12-5-3-4-10(12)13/h9H,3-8H2,1-2H3. The molecule has 1 saturated heterocycles. The second-order valence-corrected chi connectivity index (χ2v) is 4.30. The lowest BCUT2D eigenvalue weighted by Gasteiger charge is -2.15. The van der Waals surface area contributed by atoms with Crippen LogP contribution in [0.1, 0.15) is 33.1 Å². The monoisotopic (exact) mass is 213 g/mol. The number of nitrogens with zero attached hydrogens (tertiary/aromatic N) is 1. The third kappa shape index (κ3) is 4.32. The Bertz CT molecular complexity index is 238. The molecule has 1 fully saturated rings. The van der Waals surface area contributed by atoms with Crippen molar-refractivity contribution in [3.8, 4) is 0 Å². The molecule has 15 heavy (non-hydrogen) atoms. The zero-order chi connectivity index (χ0) is 11.3. The number of hydrogen-bond acceptors (Lipinski definition) is 3. The molecule has 1 aliphatic heterocycles. The molecule has 4 nitrogen and oxygen atoms in total. The number of carbonyl (C=O) groups is 2. The summed E-state index contributed by atoms with van der Waals surface area (Å²) in [5.41, 5.74) is 0. The summed E-state index contributed by atoms with van der Waals surface area (Å²) in [5.74, 6) is 0.331. The molecule has 0 aliphatic carbocycles. The van der Waals surface area contributed by atoms with Gasteiger partial charge in [0, 0.05) is 19.4 Å². The SMILES string of the molecule is CC(C)CC(=O)OCCN1CCCC1=O. The van der Waals surface area contributed by atoms with E-state index in [0.717, 1.165) is 13.0 Å². The molecular weight excluding hydrogens is 194 g/mol. The Kier molecular flexibility index (Phi) is 4.59. The number of rotatable bonds is 5. The second kappa shape index (κ2) is 5.73. The highest BCUT2D eigenvalue weighted by molar-refractivity contribution is 5.78. The van der Waals surface area contributed by atoms with E-state index in [0.29, 0.717) is 31.9 Å². The van der Waals surface area contributed by atoms with Gasteiger partial charge in [-0.25, -0.2) is 0 Å². The molecule has 86 valence electrons. The zero-order valence-electron chi connectivity index (χ0n) is 9.49. The molecule has 0 aromatic heterocycles. The van der Waals surface area contributed by atoms with E-state index >= 15 is 0 Å². The van der Waals surface area contributed by atoms with Crippen molar-refractivity contribution in [2.24, 2.45) is 5.92 Å². The van der Waals surface area contributed by atoms with Crippen molar-refractivity contribution in [2.75, 3.05) is 19.7 Å². The van der Waals surface area contributed by atoms with Crippen molar-refractivity contribution in [3.63, 3.8) is 0 Å². The minimum atomic E-state index is -0.170. The van der Waals surface area contributed by atoms with E-state index in [1.54, 1.807) is 4.90 Å². The molecule has 1 aliphatic rings. The Morgan fingerprint density at radius 3 is 2.80 bits per heavy atom. The highest BCUT2D eigenvalue weighted by atomic mass is 16.5. The zero-order valence-corrected chi connectivity index (χ0v) is 9.49. The fraction of sp³-hybridized carbons (Fsp3) is 0.818. The van der Waals surface area contributed by atoms with E-state index in [1.807, 2.05) is 13.8 Å². The van der Waals surface area contributed by atoms with Crippen LogP contribution in [0.2, 0.25) is 0 Å². The maximum Gasteiger partial charge on any atom is 0.306 e. The Labute approximate surface area is 90.6 Å². The third-order valence-corrected chi connectivity index (χ3v) is 2.37. The molecule has 0 saturated carbocycles. The van der Waals surface area contributed by atoms with Gasteiger partial charge in [0.1, 0.15) is 6.61 Å². The highest BCUT2D eigenvalue weighted by Gasteiger charge is 2.19. The largest absolute Gasteiger partial charge is 0.464 e. The normalized spacial score (nSPS) is 16.2. The topological polar surface area (TPSA) is 46.6 Å². The Hall–Kier alpha value is -1.06. The molecule has 0 aromatic rings. The Morgan fingerprint density at radius 2 is 2.27 bits per heavy atom. The lowest BCUT2D eigenvalue weighted by atomic mass is 10.1. The van der Waals surface area contributed by atoms with Crippen molar-refractivity contribution < 1.29 is 14.3 Å². The number of hydrogen-bond donors (Lipinski definition) is 0. The summed E-state index contributed by atoms with van der Waals surface area (Å²) in [6.45, 7) is 5.64. The van der Waals surface area contributed by atoms with Gasteiger partial charge in [-0.2, -0.15) is 0 Å². The molecule has 1 heterocycles.